The molecule has 9 atom stereocenters. The molecular formula is C51H64N4O13. The fourth-order valence-corrected chi connectivity index (χ4v) is 9.76. The zero-order valence-corrected chi connectivity index (χ0v) is 40.6. The van der Waals surface area contributed by atoms with Crippen LogP contribution in [0, 0.1) is 36.5 Å². The number of anilines is 2. The molecule has 366 valence electrons. The van der Waals surface area contributed by atoms with Crippen molar-refractivity contribution < 1.29 is 53.4 Å². The van der Waals surface area contributed by atoms with Gasteiger partial charge < -0.3 is 54.0 Å². The Morgan fingerprint density at radius 1 is 0.956 bits per heavy atom. The van der Waals surface area contributed by atoms with Crippen molar-refractivity contribution in [1.82, 2.24) is 9.88 Å². The van der Waals surface area contributed by atoms with Gasteiger partial charge in [0.05, 0.1) is 35.2 Å². The van der Waals surface area contributed by atoms with E-state index in [1.165, 1.54) is 59.3 Å². The van der Waals surface area contributed by atoms with E-state index in [0.717, 1.165) is 19.6 Å². The Labute approximate surface area is 394 Å². The van der Waals surface area contributed by atoms with Crippen LogP contribution in [0.25, 0.3) is 38.7 Å². The van der Waals surface area contributed by atoms with E-state index in [0.29, 0.717) is 24.7 Å². The minimum Gasteiger partial charge on any atom is -0.507 e. The second kappa shape index (κ2) is 19.5. The minimum atomic E-state index is -1.98. The first-order valence-electron chi connectivity index (χ1n) is 23.2. The molecule has 1 saturated heterocycles. The average molecular weight is 941 g/mol. The molecule has 0 aliphatic carbocycles. The number of methoxy groups -OCH3 is 1. The van der Waals surface area contributed by atoms with Crippen LogP contribution >= 0.6 is 0 Å². The van der Waals surface area contributed by atoms with Gasteiger partial charge in [0.1, 0.15) is 28.8 Å². The van der Waals surface area contributed by atoms with Gasteiger partial charge in [-0.1, -0.05) is 59.8 Å². The molecule has 0 radical (unpaired) electrons. The zero-order valence-electron chi connectivity index (χ0n) is 40.6. The molecule has 5 N–H and O–H groups in total. The molecule has 1 aromatic heterocycles. The number of fused-ring (bicyclic) bond motifs is 2. The van der Waals surface area contributed by atoms with Crippen LogP contribution in [0.15, 0.2) is 62.3 Å². The maximum atomic E-state index is 14.9. The summed E-state index contributed by atoms with van der Waals surface area (Å²) in [6, 6.07) is 3.16. The molecule has 7 rings (SSSR count). The Balaban J connectivity index is 1.46. The highest BCUT2D eigenvalue weighted by atomic mass is 16.7. The Morgan fingerprint density at radius 2 is 1.65 bits per heavy atom. The van der Waals surface area contributed by atoms with Gasteiger partial charge in [-0.3, -0.25) is 24.1 Å². The Hall–Kier alpha value is -6.01. The lowest BCUT2D eigenvalue weighted by molar-refractivity contribution is -0.160. The normalized spacial score (nSPS) is 29.5. The van der Waals surface area contributed by atoms with E-state index in [4.69, 9.17) is 28.3 Å². The molecule has 3 aromatic carbocycles. The second-order valence-corrected chi connectivity index (χ2v) is 19.2. The third kappa shape index (κ3) is 9.28. The summed E-state index contributed by atoms with van der Waals surface area (Å²) in [5.41, 5.74) is -1.35. The molecule has 17 nitrogen and oxygen atoms in total. The first-order chi connectivity index (χ1) is 32.1. The van der Waals surface area contributed by atoms with E-state index in [1.807, 2.05) is 0 Å². The number of aliphatic hydroxyl groups is 3. The predicted octanol–water partition coefficient (Wildman–Crippen LogP) is 5.34. The second-order valence-electron chi connectivity index (χ2n) is 19.2. The maximum absolute atomic E-state index is 14.9. The van der Waals surface area contributed by atoms with Gasteiger partial charge in [-0.2, -0.15) is 0 Å². The summed E-state index contributed by atoms with van der Waals surface area (Å²) >= 11 is 0. The lowest BCUT2D eigenvalue weighted by atomic mass is 9.78. The van der Waals surface area contributed by atoms with E-state index in [2.05, 4.69) is 29.0 Å². The van der Waals surface area contributed by atoms with Crippen molar-refractivity contribution in [3.8, 4) is 11.5 Å². The number of hydrogen-bond donors (Lipinski definition) is 5. The lowest BCUT2D eigenvalue weighted by Crippen LogP contribution is -2.47. The summed E-state index contributed by atoms with van der Waals surface area (Å²) in [5, 5.41) is 49.3. The topological polar surface area (TPSA) is 231 Å². The molecule has 3 aliphatic heterocycles. The van der Waals surface area contributed by atoms with Crippen molar-refractivity contribution in [1.29, 1.82) is 0 Å². The molecule has 1 fully saturated rings. The highest BCUT2D eigenvalue weighted by molar-refractivity contribution is 6.16. The third-order valence-corrected chi connectivity index (χ3v) is 13.8. The van der Waals surface area contributed by atoms with Crippen molar-refractivity contribution >= 4 is 62.0 Å². The van der Waals surface area contributed by atoms with Crippen LogP contribution in [0.4, 0.5) is 11.4 Å². The molecule has 4 bridgehead atoms. The van der Waals surface area contributed by atoms with Gasteiger partial charge in [0.25, 0.3) is 5.91 Å². The first kappa shape index (κ1) is 49.9. The number of amides is 1. The van der Waals surface area contributed by atoms with E-state index >= 15 is 0 Å². The monoisotopic (exact) mass is 940 g/mol. The molecule has 17 heteroatoms. The van der Waals surface area contributed by atoms with Gasteiger partial charge in [0.15, 0.2) is 22.4 Å². The molecule has 68 heavy (non-hydrogen) atoms. The highest BCUT2D eigenvalue weighted by Crippen LogP contribution is 2.42. The minimum absolute atomic E-state index is 0.0390. The number of hydrogen-bond acceptors (Lipinski definition) is 16. The Kier molecular flexibility index (Phi) is 14.3. The third-order valence-electron chi connectivity index (χ3n) is 13.8. The first-order valence-corrected chi connectivity index (χ1v) is 23.2. The van der Waals surface area contributed by atoms with E-state index < -0.39 is 88.1 Å². The lowest BCUT2D eigenvalue weighted by Gasteiger charge is -2.38. The number of phenols is 1. The van der Waals surface area contributed by atoms with Crippen LogP contribution < -0.4 is 31.0 Å². The van der Waals surface area contributed by atoms with Gasteiger partial charge in [0, 0.05) is 112 Å². The number of rotatable bonds is 5. The van der Waals surface area contributed by atoms with E-state index in [-0.39, 0.29) is 60.8 Å². The van der Waals surface area contributed by atoms with E-state index in [9.17, 15) is 39.6 Å². The summed E-state index contributed by atoms with van der Waals surface area (Å²) in [4.78, 5) is 64.7. The number of aromatic hydroxyl groups is 1. The maximum Gasteiger partial charge on any atom is 0.307 e. The fraction of sp³-hybridized carbons (Fsp3) is 0.510. The summed E-state index contributed by atoms with van der Waals surface area (Å²) in [7, 11) is 1.45. The van der Waals surface area contributed by atoms with Crippen molar-refractivity contribution in [2.75, 3.05) is 50.1 Å². The molecule has 4 heterocycles. The van der Waals surface area contributed by atoms with Gasteiger partial charge >= 0.3 is 11.8 Å². The Morgan fingerprint density at radius 3 is 2.29 bits per heavy atom. The van der Waals surface area contributed by atoms with Crippen LogP contribution in [0.1, 0.15) is 67.9 Å². The van der Waals surface area contributed by atoms with Crippen LogP contribution in [-0.2, 0) is 23.8 Å². The van der Waals surface area contributed by atoms with E-state index in [1.54, 1.807) is 45.9 Å². The number of aliphatic hydroxyl groups excluding tert-OH is 3. The highest BCUT2D eigenvalue weighted by Gasteiger charge is 2.44. The van der Waals surface area contributed by atoms with Crippen molar-refractivity contribution in [2.24, 2.45) is 29.6 Å². The van der Waals surface area contributed by atoms with Gasteiger partial charge in [-0.25, -0.2) is 4.98 Å². The number of nitrogens with one attached hydrogen (secondary N) is 1. The zero-order chi connectivity index (χ0) is 49.7. The number of aromatic nitrogens is 1. The SMILES string of the molecule is CO[C@H]1/C=C/O[C@@]2(C)Oc3c(C)c(O)c4c(=O)c(c5oc6cc(N7CCN(CC(C)C)CC7)cc(=O)c6nc5c4c3=C2O)NC(=O)/C(C)=C\C=C\[C@H](C)[C@H](O)[C@@H](C)[C@H](O)[C@H](C)[C@H](OC(C)=O)[C@H]1C. The molecule has 1 amide bonds. The average Bonchev–Trinajstić information content (AvgIpc) is 3.56. The van der Waals surface area contributed by atoms with Crippen molar-refractivity contribution in [2.45, 2.75) is 99.4 Å². The van der Waals surface area contributed by atoms with Crippen LogP contribution in [0.5, 0.6) is 11.5 Å². The summed E-state index contributed by atoms with van der Waals surface area (Å²) in [6.07, 6.45) is 3.57. The molecule has 3 aliphatic rings. The van der Waals surface area contributed by atoms with Gasteiger partial charge in [0.2, 0.25) is 10.9 Å². The molecule has 0 saturated carbocycles. The quantitative estimate of drug-likeness (QED) is 0.0966. The molecule has 0 spiro atoms. The number of piperazine rings is 1. The summed E-state index contributed by atoms with van der Waals surface area (Å²) < 4.78 is 30.5. The summed E-state index contributed by atoms with van der Waals surface area (Å²) in [5.74, 6) is -6.43. The van der Waals surface area contributed by atoms with Crippen LogP contribution in [0.2, 0.25) is 0 Å². The molecule has 4 aromatic rings. The van der Waals surface area contributed by atoms with Crippen molar-refractivity contribution in [3.63, 3.8) is 0 Å². The Bertz CT molecular complexity index is 2900. The van der Waals surface area contributed by atoms with Crippen LogP contribution in [-0.4, -0.2) is 112 Å². The standard InChI is InChI=1S/C51H64N4O13/c1-24(2)23-54-16-18-55(19-17-54)32-21-33(57)39-35(22-32)67-48-40(52-39)36-37-44(60)30(8)47-38(36)49(62)51(10,68-47)65-20-15-34(64-11)27(5)46(66-31(9)56)29(7)43(59)28(6)42(58)25(3)13-12-14-26(4)50(63)53-41(48)45(37)61/h12-15,20-22,24-25,27-29,34,42-43,46,58-60,62H,16-19,23H2,1-11H3,(H,53,63)/b13-12+,20-15+,26-14-/t25-,27-,28+,29-,34-,42-,43-,46+,51-/m0/s1. The van der Waals surface area contributed by atoms with Crippen LogP contribution in [0.3, 0.4) is 0 Å². The number of esters is 1. The van der Waals surface area contributed by atoms with Crippen molar-refractivity contribution in [3.05, 3.63) is 79.5 Å². The molecule has 0 unspecified atom stereocenters. The number of carbonyl (C=O) groups is 2. The predicted molar refractivity (Wildman–Crippen MR) is 259 cm³/mol. The van der Waals surface area contributed by atoms with Gasteiger partial charge in [-0.15, -0.1) is 0 Å². The number of phenolic OH excluding ortho intramolecular Hbond substituents is 1. The number of carbonyl (C=O) groups excluding carboxylic acids is 2. The molecular weight excluding hydrogens is 877 g/mol. The fourth-order valence-electron chi connectivity index (χ4n) is 9.76. The number of ether oxygens (including phenoxy) is 4. The van der Waals surface area contributed by atoms with Gasteiger partial charge in [-0.05, 0) is 25.8 Å². The number of benzene rings is 3. The summed E-state index contributed by atoms with van der Waals surface area (Å²) in [6.45, 7) is 20.8. The number of allylic oxidation sites excluding steroid dienone is 2. The largest absolute Gasteiger partial charge is 0.507 e. The number of nitrogens with zero attached hydrogens (tertiary/aromatic N) is 3. The smallest absolute Gasteiger partial charge is 0.307 e.